The lowest BCUT2D eigenvalue weighted by molar-refractivity contribution is 0.350. The molecular weight excluding hydrogens is 531 g/mol. The highest BCUT2D eigenvalue weighted by Crippen LogP contribution is 2.31. The predicted molar refractivity (Wildman–Crippen MR) is 121 cm³/mol. The molecule has 0 fully saturated rings. The lowest BCUT2D eigenvalue weighted by Gasteiger charge is -2.10. The summed E-state index contributed by atoms with van der Waals surface area (Å²) < 4.78 is 92.9. The molecule has 0 N–H and O–H groups in total. The molecule has 0 heterocycles. The highest BCUT2D eigenvalue weighted by atomic mass is 35.5. The van der Waals surface area contributed by atoms with E-state index in [-0.39, 0.29) is 10.9 Å². The standard InChI is InChI=1S/C18H14ClS.C6HF5O3S/c19-15-11-13-18(14-12-15)20(16-7-3-1-4-8-16)17-9-5-2-6-10-17;7-1-2(8)4(10)6(15(12,13)14)5(11)3(1)9/h1-14H;(H,12,13,14)/q+1;/p-1. The largest absolute Gasteiger partial charge is 0.744 e. The molecule has 11 heteroatoms. The fraction of sp³-hybridized carbons (Fsp3) is 0. The summed E-state index contributed by atoms with van der Waals surface area (Å²) in [7, 11) is -5.85. The van der Waals surface area contributed by atoms with Gasteiger partial charge in [0.15, 0.2) is 38.0 Å². The van der Waals surface area contributed by atoms with Crippen LogP contribution in [0.25, 0.3) is 0 Å². The summed E-state index contributed by atoms with van der Waals surface area (Å²) in [6.07, 6.45) is 0. The Labute approximate surface area is 205 Å². The van der Waals surface area contributed by atoms with Crippen molar-refractivity contribution in [2.24, 2.45) is 0 Å². The van der Waals surface area contributed by atoms with Crippen LogP contribution in [0.15, 0.2) is 105 Å². The Kier molecular flexibility index (Phi) is 8.55. The fourth-order valence-corrected chi connectivity index (χ4v) is 5.72. The second-order valence-electron chi connectivity index (χ2n) is 6.74. The Morgan fingerprint density at radius 1 is 0.571 bits per heavy atom. The first-order valence-electron chi connectivity index (χ1n) is 9.59. The van der Waals surface area contributed by atoms with E-state index in [4.69, 9.17) is 11.6 Å². The van der Waals surface area contributed by atoms with Gasteiger partial charge in [0.2, 0.25) is 5.82 Å². The van der Waals surface area contributed by atoms with Gasteiger partial charge in [-0.15, -0.1) is 0 Å². The maximum absolute atomic E-state index is 12.6. The first kappa shape index (κ1) is 26.7. The van der Waals surface area contributed by atoms with E-state index in [2.05, 4.69) is 72.8 Å². The average molecular weight is 545 g/mol. The Bertz CT molecular complexity index is 1350. The highest BCUT2D eigenvalue weighted by molar-refractivity contribution is 7.97. The zero-order chi connectivity index (χ0) is 25.8. The third-order valence-electron chi connectivity index (χ3n) is 4.43. The van der Waals surface area contributed by atoms with Gasteiger partial charge < -0.3 is 4.55 Å². The summed E-state index contributed by atoms with van der Waals surface area (Å²) >= 11 is 6.01. The third kappa shape index (κ3) is 6.21. The van der Waals surface area contributed by atoms with Crippen molar-refractivity contribution in [2.45, 2.75) is 19.6 Å². The highest BCUT2D eigenvalue weighted by Gasteiger charge is 2.29. The summed E-state index contributed by atoms with van der Waals surface area (Å²) in [5, 5.41) is 0.776. The van der Waals surface area contributed by atoms with Gasteiger partial charge in [-0.1, -0.05) is 48.0 Å². The van der Waals surface area contributed by atoms with Crippen molar-refractivity contribution in [3.8, 4) is 0 Å². The van der Waals surface area contributed by atoms with Gasteiger partial charge >= 0.3 is 0 Å². The molecule has 0 saturated carbocycles. The van der Waals surface area contributed by atoms with Gasteiger partial charge in [0.1, 0.15) is 15.0 Å². The summed E-state index contributed by atoms with van der Waals surface area (Å²) in [4.78, 5) is 1.55. The lowest BCUT2D eigenvalue weighted by atomic mass is 10.3. The minimum atomic E-state index is -5.77. The zero-order valence-electron chi connectivity index (χ0n) is 17.4. The molecular formula is C24H14ClF5O3S2. The molecule has 0 unspecified atom stereocenters. The maximum atomic E-state index is 12.6. The summed E-state index contributed by atoms with van der Waals surface area (Å²) in [6, 6.07) is 29.4. The van der Waals surface area contributed by atoms with E-state index < -0.39 is 44.1 Å². The molecule has 0 saturated heterocycles. The van der Waals surface area contributed by atoms with Crippen LogP contribution in [0, 0.1) is 29.1 Å². The Morgan fingerprint density at radius 3 is 1.29 bits per heavy atom. The summed E-state index contributed by atoms with van der Waals surface area (Å²) in [5.74, 6) is -12.8. The molecule has 4 aromatic rings. The van der Waals surface area contributed by atoms with Crippen LogP contribution in [0.5, 0.6) is 0 Å². The van der Waals surface area contributed by atoms with Gasteiger partial charge in [-0.2, -0.15) is 0 Å². The summed E-state index contributed by atoms with van der Waals surface area (Å²) in [6.45, 7) is 0. The first-order chi connectivity index (χ1) is 16.5. The monoisotopic (exact) mass is 544 g/mol. The molecule has 0 aliphatic rings. The van der Waals surface area contributed by atoms with Crippen LogP contribution in [0.3, 0.4) is 0 Å². The van der Waals surface area contributed by atoms with E-state index in [0.717, 1.165) is 5.02 Å². The molecule has 0 radical (unpaired) electrons. The minimum absolute atomic E-state index is 0.0815. The zero-order valence-corrected chi connectivity index (χ0v) is 19.8. The Morgan fingerprint density at radius 2 is 0.914 bits per heavy atom. The van der Waals surface area contributed by atoms with Gasteiger partial charge in [0.25, 0.3) is 0 Å². The third-order valence-corrected chi connectivity index (χ3v) is 7.77. The lowest BCUT2D eigenvalue weighted by Crippen LogP contribution is -2.12. The normalized spacial score (nSPS) is 11.2. The van der Waals surface area contributed by atoms with Gasteiger partial charge in [0.05, 0.1) is 10.9 Å². The second-order valence-corrected chi connectivity index (χ2v) is 10.5. The molecule has 0 aromatic heterocycles. The molecule has 0 spiro atoms. The number of hydrogen-bond donors (Lipinski definition) is 0. The Balaban J connectivity index is 0.000000205. The molecule has 0 aliphatic carbocycles. The van der Waals surface area contributed by atoms with Crippen LogP contribution in [0.4, 0.5) is 22.0 Å². The molecule has 0 atom stereocenters. The van der Waals surface area contributed by atoms with Gasteiger partial charge in [-0.05, 0) is 48.5 Å². The quantitative estimate of drug-likeness (QED) is 0.0942. The second kappa shape index (κ2) is 11.2. The molecule has 0 amide bonds. The maximum Gasteiger partial charge on any atom is 0.200 e. The molecule has 4 rings (SSSR count). The molecule has 4 aromatic carbocycles. The Hall–Kier alpha value is -2.92. The summed E-state index contributed by atoms with van der Waals surface area (Å²) in [5.41, 5.74) is 0. The van der Waals surface area contributed by atoms with Crippen molar-refractivity contribution in [3.05, 3.63) is 119 Å². The van der Waals surface area contributed by atoms with E-state index in [1.807, 2.05) is 12.1 Å². The minimum Gasteiger partial charge on any atom is -0.744 e. The van der Waals surface area contributed by atoms with Crippen LogP contribution in [-0.2, 0) is 21.0 Å². The predicted octanol–water partition coefficient (Wildman–Crippen LogP) is 6.72. The topological polar surface area (TPSA) is 57.2 Å². The van der Waals surface area contributed by atoms with E-state index in [1.54, 1.807) is 0 Å². The number of hydrogen-bond acceptors (Lipinski definition) is 3. The van der Waals surface area contributed by atoms with E-state index in [0.29, 0.717) is 0 Å². The SMILES string of the molecule is Clc1ccc([S+](c2ccccc2)c2ccccc2)cc1.O=S(=O)([O-])c1c(F)c(F)c(F)c(F)c1F. The molecule has 0 aliphatic heterocycles. The molecule has 3 nitrogen and oxygen atoms in total. The van der Waals surface area contributed by atoms with Crippen molar-refractivity contribution in [1.29, 1.82) is 0 Å². The fourth-order valence-electron chi connectivity index (χ4n) is 2.90. The van der Waals surface area contributed by atoms with Crippen LogP contribution >= 0.6 is 11.6 Å². The van der Waals surface area contributed by atoms with Crippen LogP contribution in [-0.4, -0.2) is 13.0 Å². The molecule has 182 valence electrons. The van der Waals surface area contributed by atoms with Crippen LogP contribution in [0.2, 0.25) is 5.02 Å². The smallest absolute Gasteiger partial charge is 0.200 e. The van der Waals surface area contributed by atoms with Crippen molar-refractivity contribution < 1.29 is 34.9 Å². The van der Waals surface area contributed by atoms with E-state index >= 15 is 0 Å². The number of halogens is 6. The van der Waals surface area contributed by atoms with Crippen molar-refractivity contribution in [1.82, 2.24) is 0 Å². The van der Waals surface area contributed by atoms with Crippen molar-refractivity contribution >= 4 is 32.6 Å². The van der Waals surface area contributed by atoms with Gasteiger partial charge in [-0.3, -0.25) is 0 Å². The van der Waals surface area contributed by atoms with Crippen LogP contribution in [0.1, 0.15) is 0 Å². The van der Waals surface area contributed by atoms with Crippen molar-refractivity contribution in [2.75, 3.05) is 0 Å². The first-order valence-corrected chi connectivity index (χ1v) is 12.6. The van der Waals surface area contributed by atoms with E-state index in [9.17, 15) is 34.9 Å². The molecule has 0 bridgehead atoms. The van der Waals surface area contributed by atoms with Gasteiger partial charge in [0, 0.05) is 5.02 Å². The van der Waals surface area contributed by atoms with Crippen molar-refractivity contribution in [3.63, 3.8) is 0 Å². The number of benzene rings is 4. The van der Waals surface area contributed by atoms with Gasteiger partial charge in [-0.25, -0.2) is 30.4 Å². The van der Waals surface area contributed by atoms with Crippen LogP contribution < -0.4 is 0 Å². The van der Waals surface area contributed by atoms with E-state index in [1.165, 1.54) is 14.7 Å². The number of rotatable bonds is 4. The molecule has 35 heavy (non-hydrogen) atoms. The average Bonchev–Trinajstić information content (AvgIpc) is 2.84.